The molecule has 2 aromatic heterocycles. The van der Waals surface area contributed by atoms with Gasteiger partial charge in [0.25, 0.3) is 0 Å². The van der Waals surface area contributed by atoms with Crippen LogP contribution in [0.25, 0.3) is 11.2 Å². The number of aromatic nitrogens is 3. The molecular weight excluding hydrogens is 246 g/mol. The minimum Gasteiger partial charge on any atom is -0.311 e. The zero-order valence-electron chi connectivity index (χ0n) is 10.9. The number of fused-ring (bicyclic) bond motifs is 1. The lowest BCUT2D eigenvalue weighted by molar-refractivity contribution is 0.276. The Balaban J connectivity index is 2.08. The number of hydrogen-bond acceptors (Lipinski definition) is 2. The molecule has 18 heavy (non-hydrogen) atoms. The summed E-state index contributed by atoms with van der Waals surface area (Å²) in [4.78, 5) is 9.19. The van der Waals surface area contributed by atoms with Crippen molar-refractivity contribution in [3.8, 4) is 0 Å². The molecule has 3 rings (SSSR count). The average Bonchev–Trinajstić information content (AvgIpc) is 2.61. The minimum atomic E-state index is -0.0698. The van der Waals surface area contributed by atoms with Gasteiger partial charge in [0.05, 0.1) is 5.38 Å². The highest BCUT2D eigenvalue weighted by Crippen LogP contribution is 2.31. The number of rotatable bonds is 3. The first-order chi connectivity index (χ1) is 8.65. The SMILES string of the molecule is Cc1cnc2c(c1)nc(C(C)Cl)n2CC1CCC1. The van der Waals surface area contributed by atoms with Crippen LogP contribution in [-0.4, -0.2) is 14.5 Å². The van der Waals surface area contributed by atoms with E-state index in [9.17, 15) is 0 Å². The quantitative estimate of drug-likeness (QED) is 0.788. The van der Waals surface area contributed by atoms with Gasteiger partial charge in [-0.25, -0.2) is 9.97 Å². The summed E-state index contributed by atoms with van der Waals surface area (Å²) < 4.78 is 2.22. The third-order valence-electron chi connectivity index (χ3n) is 3.77. The molecular formula is C14H18ClN3. The third-order valence-corrected chi connectivity index (χ3v) is 3.97. The Hall–Kier alpha value is -1.09. The summed E-state index contributed by atoms with van der Waals surface area (Å²) in [6, 6.07) is 2.09. The molecule has 3 nitrogen and oxygen atoms in total. The summed E-state index contributed by atoms with van der Waals surface area (Å²) in [7, 11) is 0. The number of alkyl halides is 1. The largest absolute Gasteiger partial charge is 0.311 e. The summed E-state index contributed by atoms with van der Waals surface area (Å²) in [5.41, 5.74) is 3.09. The van der Waals surface area contributed by atoms with Crippen LogP contribution in [0.3, 0.4) is 0 Å². The lowest BCUT2D eigenvalue weighted by atomic mass is 9.85. The average molecular weight is 264 g/mol. The van der Waals surface area contributed by atoms with E-state index in [-0.39, 0.29) is 5.38 Å². The van der Waals surface area contributed by atoms with E-state index in [2.05, 4.69) is 20.6 Å². The second-order valence-electron chi connectivity index (χ2n) is 5.35. The van der Waals surface area contributed by atoms with Crippen LogP contribution in [0.4, 0.5) is 0 Å². The fourth-order valence-electron chi connectivity index (χ4n) is 2.55. The third kappa shape index (κ3) is 2.01. The van der Waals surface area contributed by atoms with Crippen molar-refractivity contribution in [3.63, 3.8) is 0 Å². The smallest absolute Gasteiger partial charge is 0.160 e. The van der Waals surface area contributed by atoms with Gasteiger partial charge in [0.2, 0.25) is 0 Å². The summed E-state index contributed by atoms with van der Waals surface area (Å²) in [6.07, 6.45) is 5.91. The van der Waals surface area contributed by atoms with Crippen LogP contribution in [0.2, 0.25) is 0 Å². The molecule has 96 valence electrons. The predicted molar refractivity (Wildman–Crippen MR) is 73.9 cm³/mol. The number of hydrogen-bond donors (Lipinski definition) is 0. The number of aryl methyl sites for hydroxylation is 1. The first-order valence-electron chi connectivity index (χ1n) is 6.62. The van der Waals surface area contributed by atoms with Gasteiger partial charge < -0.3 is 4.57 Å². The molecule has 1 saturated carbocycles. The number of imidazole rings is 1. The van der Waals surface area contributed by atoms with Crippen LogP contribution in [-0.2, 0) is 6.54 Å². The summed E-state index contributed by atoms with van der Waals surface area (Å²) in [6.45, 7) is 5.03. The van der Waals surface area contributed by atoms with E-state index in [4.69, 9.17) is 11.6 Å². The van der Waals surface area contributed by atoms with Crippen molar-refractivity contribution in [2.45, 2.75) is 45.0 Å². The molecule has 1 fully saturated rings. The van der Waals surface area contributed by atoms with Crippen molar-refractivity contribution in [3.05, 3.63) is 23.7 Å². The Morgan fingerprint density at radius 2 is 2.28 bits per heavy atom. The Kier molecular flexibility index (Phi) is 3.02. The van der Waals surface area contributed by atoms with E-state index in [0.717, 1.165) is 35.0 Å². The van der Waals surface area contributed by atoms with Gasteiger partial charge in [0.15, 0.2) is 5.65 Å². The van der Waals surface area contributed by atoms with E-state index < -0.39 is 0 Å². The van der Waals surface area contributed by atoms with Gasteiger partial charge in [-0.3, -0.25) is 0 Å². The van der Waals surface area contributed by atoms with Crippen LogP contribution in [0, 0.1) is 12.8 Å². The monoisotopic (exact) mass is 263 g/mol. The molecule has 1 aliphatic carbocycles. The molecule has 0 bridgehead atoms. The van der Waals surface area contributed by atoms with E-state index in [1.54, 1.807) is 0 Å². The molecule has 0 saturated heterocycles. The molecule has 0 aliphatic heterocycles. The molecule has 4 heteroatoms. The van der Waals surface area contributed by atoms with Crippen LogP contribution in [0.5, 0.6) is 0 Å². The maximum atomic E-state index is 6.25. The standard InChI is InChI=1S/C14H18ClN3/c1-9-6-12-14(16-7-9)18(8-11-4-3-5-11)13(17-12)10(2)15/h6-7,10-11H,3-5,8H2,1-2H3. The molecule has 0 N–H and O–H groups in total. The number of nitrogens with zero attached hydrogens (tertiary/aromatic N) is 3. The fourth-order valence-corrected chi connectivity index (χ4v) is 2.71. The van der Waals surface area contributed by atoms with Gasteiger partial charge in [-0.15, -0.1) is 11.6 Å². The zero-order valence-corrected chi connectivity index (χ0v) is 11.6. The van der Waals surface area contributed by atoms with Crippen LogP contribution in [0.1, 0.15) is 43.0 Å². The van der Waals surface area contributed by atoms with Gasteiger partial charge >= 0.3 is 0 Å². The predicted octanol–water partition coefficient (Wildman–Crippen LogP) is 3.84. The maximum Gasteiger partial charge on any atom is 0.160 e. The Labute approximate surface area is 112 Å². The van der Waals surface area contributed by atoms with Gasteiger partial charge in [0, 0.05) is 12.7 Å². The molecule has 2 heterocycles. The second-order valence-corrected chi connectivity index (χ2v) is 6.00. The molecule has 0 amide bonds. The van der Waals surface area contributed by atoms with Gasteiger partial charge in [-0.1, -0.05) is 6.42 Å². The highest BCUT2D eigenvalue weighted by atomic mass is 35.5. The Morgan fingerprint density at radius 1 is 1.50 bits per heavy atom. The second kappa shape index (κ2) is 4.54. The van der Waals surface area contributed by atoms with E-state index in [1.165, 1.54) is 19.3 Å². The maximum absolute atomic E-state index is 6.25. The highest BCUT2D eigenvalue weighted by Gasteiger charge is 2.22. The Morgan fingerprint density at radius 3 is 2.89 bits per heavy atom. The summed E-state index contributed by atoms with van der Waals surface area (Å²) in [5, 5.41) is -0.0698. The summed E-state index contributed by atoms with van der Waals surface area (Å²) in [5.74, 6) is 1.73. The topological polar surface area (TPSA) is 30.7 Å². The van der Waals surface area contributed by atoms with Gasteiger partial charge in [-0.05, 0) is 44.2 Å². The van der Waals surface area contributed by atoms with Crippen molar-refractivity contribution in [1.82, 2.24) is 14.5 Å². The zero-order chi connectivity index (χ0) is 12.7. The van der Waals surface area contributed by atoms with Crippen molar-refractivity contribution < 1.29 is 0 Å². The molecule has 1 aliphatic rings. The summed E-state index contributed by atoms with van der Waals surface area (Å²) >= 11 is 6.25. The van der Waals surface area contributed by atoms with Crippen molar-refractivity contribution in [1.29, 1.82) is 0 Å². The molecule has 2 aromatic rings. The van der Waals surface area contributed by atoms with Crippen LogP contribution >= 0.6 is 11.6 Å². The lowest BCUT2D eigenvalue weighted by Gasteiger charge is -2.26. The number of halogens is 1. The van der Waals surface area contributed by atoms with E-state index in [0.29, 0.717) is 0 Å². The molecule has 0 spiro atoms. The van der Waals surface area contributed by atoms with Crippen molar-refractivity contribution in [2.75, 3.05) is 0 Å². The number of pyridine rings is 1. The Bertz CT molecular complexity index is 570. The van der Waals surface area contributed by atoms with Gasteiger partial charge in [-0.2, -0.15) is 0 Å². The lowest BCUT2D eigenvalue weighted by Crippen LogP contribution is -2.19. The van der Waals surface area contributed by atoms with E-state index in [1.807, 2.05) is 20.0 Å². The molecule has 0 aromatic carbocycles. The van der Waals surface area contributed by atoms with Gasteiger partial charge in [0.1, 0.15) is 11.3 Å². The fraction of sp³-hybridized carbons (Fsp3) is 0.571. The van der Waals surface area contributed by atoms with E-state index >= 15 is 0 Å². The first kappa shape index (κ1) is 12.0. The molecule has 1 unspecified atom stereocenters. The first-order valence-corrected chi connectivity index (χ1v) is 7.05. The van der Waals surface area contributed by atoms with Crippen LogP contribution in [0.15, 0.2) is 12.3 Å². The highest BCUT2D eigenvalue weighted by molar-refractivity contribution is 6.20. The molecule has 1 atom stereocenters. The van der Waals surface area contributed by atoms with Crippen molar-refractivity contribution >= 4 is 22.8 Å². The molecule has 0 radical (unpaired) electrons. The normalized spacial score (nSPS) is 17.9. The van der Waals surface area contributed by atoms with Crippen molar-refractivity contribution in [2.24, 2.45) is 5.92 Å². The minimum absolute atomic E-state index is 0.0698. The van der Waals surface area contributed by atoms with Crippen LogP contribution < -0.4 is 0 Å².